The van der Waals surface area contributed by atoms with E-state index in [1.807, 2.05) is 25.2 Å². The molecule has 12 nitrogen and oxygen atoms in total. The molecule has 3 aromatic rings. The van der Waals surface area contributed by atoms with E-state index in [0.29, 0.717) is 66.5 Å². The first-order chi connectivity index (χ1) is 29.6. The average molecular weight is 896 g/mol. The van der Waals surface area contributed by atoms with Gasteiger partial charge in [-0.05, 0) is 134 Å². The Bertz CT molecular complexity index is 2200. The van der Waals surface area contributed by atoms with E-state index in [-0.39, 0.29) is 53.6 Å². The van der Waals surface area contributed by atoms with Gasteiger partial charge in [0.05, 0.1) is 17.6 Å². The van der Waals surface area contributed by atoms with E-state index in [9.17, 15) is 28.1 Å². The number of thiophene rings is 1. The predicted molar refractivity (Wildman–Crippen MR) is 234 cm³/mol. The molecular formula is C46H60F2N5O7PS. The Morgan fingerprint density at radius 1 is 1.00 bits per heavy atom. The summed E-state index contributed by atoms with van der Waals surface area (Å²) in [7, 11) is -2.24. The number of likely N-dealkylation sites (tertiary alicyclic amines) is 1. The second-order valence-corrected chi connectivity index (χ2v) is 21.7. The molecule has 3 aliphatic heterocycles. The van der Waals surface area contributed by atoms with Crippen LogP contribution in [0.4, 0.5) is 8.78 Å². The third-order valence-electron chi connectivity index (χ3n) is 13.9. The summed E-state index contributed by atoms with van der Waals surface area (Å²) >= 11 is 1.19. The SMILES string of the molecule is CCO[P@@](=O)(N[C@@H](C)C(=O)OC(C)C)[C@H](F)c1ccc2sc(C(=O)N[C@H]3CC[C@H](N(C)C4CC(F)C4)C[C@H]4CC[C@@H](C(=O)N5C[C@H](c6ccccc6)CC56CC6)N4C3=O)cc2c1. The fourth-order valence-electron chi connectivity index (χ4n) is 10.3. The Morgan fingerprint density at radius 2 is 1.74 bits per heavy atom. The van der Waals surface area contributed by atoms with Gasteiger partial charge in [0.2, 0.25) is 17.7 Å². The Morgan fingerprint density at radius 3 is 2.42 bits per heavy atom. The molecule has 8 atom stereocenters. The van der Waals surface area contributed by atoms with Crippen LogP contribution in [-0.2, 0) is 28.2 Å². The lowest BCUT2D eigenvalue weighted by Gasteiger charge is -2.45. The second kappa shape index (κ2) is 18.0. The van der Waals surface area contributed by atoms with Crippen molar-refractivity contribution in [3.05, 3.63) is 70.6 Å². The molecule has 0 radical (unpaired) electrons. The number of rotatable bonds is 14. The van der Waals surface area contributed by atoms with Crippen molar-refractivity contribution in [2.24, 2.45) is 0 Å². The van der Waals surface area contributed by atoms with Crippen LogP contribution in [0.5, 0.6) is 0 Å². The number of hydrogen-bond donors (Lipinski definition) is 2. The standard InChI is InChI=1S/C46H60F2N5O7PS/c1-6-59-61(58,50-28(4)45(57)60-27(2)3)41(48)30-12-17-39-31(20-30)21-40(62-39)42(54)49-37-15-13-34(51(5)36-22-33(47)23-36)24-35-14-16-38(53(35)43(37)55)44(56)52-26-32(25-46(52)18-19-46)29-10-8-7-9-11-29/h7-12,17,20-21,27-28,32-38,41H,6,13-16,18-19,22-26H2,1-5H3,(H,49,54)(H,50,58)/t28-,32+,33?,34-,35+,36?,37-,38-,41-,61+/m0/s1. The van der Waals surface area contributed by atoms with Gasteiger partial charge in [-0.3, -0.25) is 23.7 Å². The molecule has 0 unspecified atom stereocenters. The van der Waals surface area contributed by atoms with E-state index in [4.69, 9.17) is 9.26 Å². The maximum absolute atomic E-state index is 16.2. The summed E-state index contributed by atoms with van der Waals surface area (Å²) in [5, 5.41) is 6.13. The van der Waals surface area contributed by atoms with Crippen LogP contribution in [0.1, 0.15) is 125 Å². The Balaban J connectivity index is 1.02. The summed E-state index contributed by atoms with van der Waals surface area (Å²) in [5.41, 5.74) is 1.09. The summed E-state index contributed by atoms with van der Waals surface area (Å²) in [4.78, 5) is 62.7. The number of ether oxygens (including phenoxy) is 1. The molecule has 2 aliphatic carbocycles. The summed E-state index contributed by atoms with van der Waals surface area (Å²) in [6, 6.07) is 13.9. The van der Waals surface area contributed by atoms with Crippen molar-refractivity contribution < 1.29 is 41.8 Å². The predicted octanol–water partition coefficient (Wildman–Crippen LogP) is 8.02. The van der Waals surface area contributed by atoms with Gasteiger partial charge in [-0.15, -0.1) is 11.3 Å². The molecule has 4 heterocycles. The number of esters is 1. The van der Waals surface area contributed by atoms with E-state index >= 15 is 4.39 Å². The highest BCUT2D eigenvalue weighted by atomic mass is 32.1. The minimum Gasteiger partial charge on any atom is -0.462 e. The van der Waals surface area contributed by atoms with Gasteiger partial charge in [-0.25, -0.2) is 13.9 Å². The summed E-state index contributed by atoms with van der Waals surface area (Å²) in [6.45, 7) is 6.92. The number of fused-ring (bicyclic) bond motifs is 2. The number of nitrogens with zero attached hydrogens (tertiary/aromatic N) is 3. The third kappa shape index (κ3) is 8.98. The zero-order chi connectivity index (χ0) is 44.1. The van der Waals surface area contributed by atoms with Crippen LogP contribution in [0.3, 0.4) is 0 Å². The molecule has 2 N–H and O–H groups in total. The molecule has 62 heavy (non-hydrogen) atoms. The van der Waals surface area contributed by atoms with Gasteiger partial charge in [-0.2, -0.15) is 0 Å². The topological polar surface area (TPSA) is 138 Å². The molecule has 1 aromatic heterocycles. The molecule has 1 spiro atoms. The number of amides is 3. The van der Waals surface area contributed by atoms with Gasteiger partial charge in [-0.1, -0.05) is 36.4 Å². The minimum atomic E-state index is -4.27. The lowest BCUT2D eigenvalue weighted by Crippen LogP contribution is -2.59. The van der Waals surface area contributed by atoms with Crippen LogP contribution in [0, 0.1) is 0 Å². The Kier molecular flexibility index (Phi) is 13.0. The number of alkyl halides is 2. The summed E-state index contributed by atoms with van der Waals surface area (Å²) in [5.74, 6) is -3.31. The highest BCUT2D eigenvalue weighted by Crippen LogP contribution is 2.58. The van der Waals surface area contributed by atoms with E-state index in [2.05, 4.69) is 32.3 Å². The van der Waals surface area contributed by atoms with Crippen molar-refractivity contribution in [1.29, 1.82) is 0 Å². The third-order valence-corrected chi connectivity index (χ3v) is 17.3. The first kappa shape index (κ1) is 44.8. The van der Waals surface area contributed by atoms with Crippen molar-refractivity contribution in [2.75, 3.05) is 20.2 Å². The quantitative estimate of drug-likeness (QED) is 0.122. The van der Waals surface area contributed by atoms with E-state index in [1.54, 1.807) is 37.8 Å². The molecule has 16 heteroatoms. The molecule has 5 aliphatic rings. The summed E-state index contributed by atoms with van der Waals surface area (Å²) in [6.07, 6.45) is 5.41. The molecular weight excluding hydrogens is 836 g/mol. The van der Waals surface area contributed by atoms with Gasteiger partial charge >= 0.3 is 13.5 Å². The Labute approximate surface area is 366 Å². The fourth-order valence-corrected chi connectivity index (χ4v) is 13.2. The molecule has 3 amide bonds. The van der Waals surface area contributed by atoms with Gasteiger partial charge in [0, 0.05) is 40.8 Å². The number of carbonyl (C=O) groups is 4. The number of benzene rings is 2. The lowest BCUT2D eigenvalue weighted by atomic mass is 9.86. The van der Waals surface area contributed by atoms with Gasteiger partial charge in [0.1, 0.15) is 24.3 Å². The fraction of sp³-hybridized carbons (Fsp3) is 0.609. The zero-order valence-electron chi connectivity index (χ0n) is 36.3. The first-order valence-corrected chi connectivity index (χ1v) is 24.9. The van der Waals surface area contributed by atoms with Crippen LogP contribution in [0.25, 0.3) is 10.1 Å². The van der Waals surface area contributed by atoms with E-state index in [0.717, 1.165) is 19.3 Å². The van der Waals surface area contributed by atoms with Crippen LogP contribution >= 0.6 is 18.9 Å². The number of halogens is 2. The molecule has 0 bridgehead atoms. The van der Waals surface area contributed by atoms with Crippen LogP contribution in [0.2, 0.25) is 0 Å². The van der Waals surface area contributed by atoms with E-state index < -0.39 is 55.7 Å². The van der Waals surface area contributed by atoms with Gasteiger partial charge in [0.25, 0.3) is 5.91 Å². The number of nitrogens with one attached hydrogen (secondary N) is 2. The molecule has 336 valence electrons. The largest absolute Gasteiger partial charge is 0.462 e. The lowest BCUT2D eigenvalue weighted by molar-refractivity contribution is -0.149. The van der Waals surface area contributed by atoms with Crippen LogP contribution in [-0.4, -0.2) is 113 Å². The molecule has 5 fully saturated rings. The van der Waals surface area contributed by atoms with Crippen molar-refractivity contribution in [3.63, 3.8) is 0 Å². The van der Waals surface area contributed by atoms with Crippen molar-refractivity contribution in [2.45, 2.75) is 158 Å². The first-order valence-electron chi connectivity index (χ1n) is 22.3. The van der Waals surface area contributed by atoms with Gasteiger partial charge in [0.15, 0.2) is 0 Å². The maximum Gasteiger partial charge on any atom is 0.323 e. The van der Waals surface area contributed by atoms with Crippen LogP contribution < -0.4 is 10.4 Å². The van der Waals surface area contributed by atoms with Crippen molar-refractivity contribution >= 4 is 52.6 Å². The molecule has 8 rings (SSSR count). The van der Waals surface area contributed by atoms with Crippen molar-refractivity contribution in [1.82, 2.24) is 25.1 Å². The second-order valence-electron chi connectivity index (χ2n) is 18.5. The molecule has 3 saturated heterocycles. The summed E-state index contributed by atoms with van der Waals surface area (Å²) < 4.78 is 55.5. The zero-order valence-corrected chi connectivity index (χ0v) is 38.0. The van der Waals surface area contributed by atoms with Crippen molar-refractivity contribution in [3.8, 4) is 0 Å². The van der Waals surface area contributed by atoms with E-state index in [1.165, 1.54) is 36.0 Å². The average Bonchev–Trinajstić information content (AvgIpc) is 3.52. The van der Waals surface area contributed by atoms with Gasteiger partial charge < -0.3 is 29.3 Å². The minimum absolute atomic E-state index is 0.00731. The molecule has 2 aromatic carbocycles. The normalized spacial score (nSPS) is 28.9. The Hall–Kier alpha value is -3.75. The smallest absolute Gasteiger partial charge is 0.323 e. The number of hydrogen-bond acceptors (Lipinski definition) is 9. The molecule has 2 saturated carbocycles. The van der Waals surface area contributed by atoms with Crippen LogP contribution in [0.15, 0.2) is 54.6 Å². The highest BCUT2D eigenvalue weighted by molar-refractivity contribution is 7.57. The monoisotopic (exact) mass is 895 g/mol. The maximum atomic E-state index is 16.2. The highest BCUT2D eigenvalue weighted by Gasteiger charge is 2.59. The number of carbonyl (C=O) groups excluding carboxylic acids is 4.